The molecule has 0 saturated carbocycles. The Balaban J connectivity index is 2.45. The van der Waals surface area contributed by atoms with Crippen LogP contribution in [0.25, 0.3) is 11.1 Å². The Hall–Kier alpha value is -1.74. The third-order valence-electron chi connectivity index (χ3n) is 3.25. The molecule has 0 spiro atoms. The molecular formula is C17H19F2N. The van der Waals surface area contributed by atoms with Gasteiger partial charge in [-0.15, -0.1) is 0 Å². The summed E-state index contributed by atoms with van der Waals surface area (Å²) in [6.07, 6.45) is 0. The molecule has 0 aromatic heterocycles. The molecule has 0 radical (unpaired) electrons. The van der Waals surface area contributed by atoms with E-state index in [1.165, 1.54) is 24.3 Å². The van der Waals surface area contributed by atoms with Gasteiger partial charge in [0.1, 0.15) is 11.6 Å². The van der Waals surface area contributed by atoms with Gasteiger partial charge >= 0.3 is 0 Å². The number of aryl methyl sites for hydroxylation is 1. The molecule has 0 aliphatic rings. The van der Waals surface area contributed by atoms with Crippen LogP contribution in [-0.2, 0) is 6.54 Å². The molecule has 2 aromatic rings. The SMILES string of the molecule is Cc1cc(F)ccc1-c1cc(F)ccc1CNC(C)C. The second-order valence-electron chi connectivity index (χ2n) is 5.30. The number of rotatable bonds is 4. The van der Waals surface area contributed by atoms with Crippen molar-refractivity contribution in [2.24, 2.45) is 0 Å². The van der Waals surface area contributed by atoms with Crippen molar-refractivity contribution in [1.82, 2.24) is 5.32 Å². The van der Waals surface area contributed by atoms with Gasteiger partial charge in [-0.25, -0.2) is 8.78 Å². The molecule has 0 amide bonds. The normalized spacial score (nSPS) is 11.1. The number of hydrogen-bond donors (Lipinski definition) is 1. The van der Waals surface area contributed by atoms with Crippen LogP contribution in [0.2, 0.25) is 0 Å². The highest BCUT2D eigenvalue weighted by Gasteiger charge is 2.10. The van der Waals surface area contributed by atoms with E-state index in [0.29, 0.717) is 12.6 Å². The first-order chi connectivity index (χ1) is 9.47. The van der Waals surface area contributed by atoms with Gasteiger partial charge in [-0.1, -0.05) is 26.0 Å². The summed E-state index contributed by atoms with van der Waals surface area (Å²) in [4.78, 5) is 0. The lowest BCUT2D eigenvalue weighted by Crippen LogP contribution is -2.22. The van der Waals surface area contributed by atoms with E-state index < -0.39 is 0 Å². The topological polar surface area (TPSA) is 12.0 Å². The van der Waals surface area contributed by atoms with Crippen molar-refractivity contribution >= 4 is 0 Å². The monoisotopic (exact) mass is 275 g/mol. The molecule has 1 nitrogen and oxygen atoms in total. The van der Waals surface area contributed by atoms with Crippen LogP contribution in [0.5, 0.6) is 0 Å². The van der Waals surface area contributed by atoms with Gasteiger partial charge in [-0.3, -0.25) is 0 Å². The van der Waals surface area contributed by atoms with Crippen molar-refractivity contribution in [3.05, 3.63) is 59.2 Å². The Kier molecular flexibility index (Phi) is 4.50. The quantitative estimate of drug-likeness (QED) is 0.870. The minimum absolute atomic E-state index is 0.274. The van der Waals surface area contributed by atoms with E-state index >= 15 is 0 Å². The van der Waals surface area contributed by atoms with Crippen LogP contribution in [-0.4, -0.2) is 6.04 Å². The maximum absolute atomic E-state index is 13.5. The van der Waals surface area contributed by atoms with Crippen LogP contribution >= 0.6 is 0 Å². The van der Waals surface area contributed by atoms with E-state index in [4.69, 9.17) is 0 Å². The fraction of sp³-hybridized carbons (Fsp3) is 0.294. The third kappa shape index (κ3) is 3.42. The zero-order valence-electron chi connectivity index (χ0n) is 12.0. The molecule has 0 atom stereocenters. The van der Waals surface area contributed by atoms with Gasteiger partial charge in [0.15, 0.2) is 0 Å². The van der Waals surface area contributed by atoms with E-state index in [1.54, 1.807) is 12.1 Å². The Bertz CT molecular complexity index is 606. The van der Waals surface area contributed by atoms with Crippen LogP contribution in [0.3, 0.4) is 0 Å². The molecular weight excluding hydrogens is 256 g/mol. The predicted octanol–water partition coefficient (Wildman–Crippen LogP) is 4.44. The summed E-state index contributed by atoms with van der Waals surface area (Å²) < 4.78 is 26.8. The number of benzene rings is 2. The van der Waals surface area contributed by atoms with Gasteiger partial charge in [0.2, 0.25) is 0 Å². The zero-order valence-corrected chi connectivity index (χ0v) is 12.0. The Morgan fingerprint density at radius 1 is 0.950 bits per heavy atom. The maximum Gasteiger partial charge on any atom is 0.123 e. The van der Waals surface area contributed by atoms with Crippen molar-refractivity contribution in [3.8, 4) is 11.1 Å². The van der Waals surface area contributed by atoms with Crippen molar-refractivity contribution in [2.45, 2.75) is 33.4 Å². The van der Waals surface area contributed by atoms with Crippen LogP contribution in [0.15, 0.2) is 36.4 Å². The molecule has 20 heavy (non-hydrogen) atoms. The summed E-state index contributed by atoms with van der Waals surface area (Å²) >= 11 is 0. The van der Waals surface area contributed by atoms with Gasteiger partial charge in [0.05, 0.1) is 0 Å². The molecule has 0 saturated heterocycles. The van der Waals surface area contributed by atoms with Crippen LogP contribution < -0.4 is 5.32 Å². The molecule has 106 valence electrons. The minimum atomic E-state index is -0.281. The summed E-state index contributed by atoms with van der Waals surface area (Å²) in [7, 11) is 0. The lowest BCUT2D eigenvalue weighted by atomic mass is 9.95. The second-order valence-corrected chi connectivity index (χ2v) is 5.30. The summed E-state index contributed by atoms with van der Waals surface area (Å²) in [5.74, 6) is -0.554. The first-order valence-electron chi connectivity index (χ1n) is 6.75. The largest absolute Gasteiger partial charge is 0.310 e. The summed E-state index contributed by atoms with van der Waals surface area (Å²) in [6, 6.07) is 9.69. The van der Waals surface area contributed by atoms with Gasteiger partial charge in [-0.2, -0.15) is 0 Å². The maximum atomic E-state index is 13.5. The molecule has 0 unspecified atom stereocenters. The fourth-order valence-corrected chi connectivity index (χ4v) is 2.20. The lowest BCUT2D eigenvalue weighted by Gasteiger charge is -2.14. The van der Waals surface area contributed by atoms with Crippen LogP contribution in [0.1, 0.15) is 25.0 Å². The summed E-state index contributed by atoms with van der Waals surface area (Å²) in [6.45, 7) is 6.62. The van der Waals surface area contributed by atoms with E-state index in [-0.39, 0.29) is 11.6 Å². The molecule has 1 N–H and O–H groups in total. The average molecular weight is 275 g/mol. The summed E-state index contributed by atoms with van der Waals surface area (Å²) in [5.41, 5.74) is 3.50. The van der Waals surface area contributed by atoms with Gasteiger partial charge in [-0.05, 0) is 53.4 Å². The number of hydrogen-bond acceptors (Lipinski definition) is 1. The van der Waals surface area contributed by atoms with Crippen molar-refractivity contribution in [3.63, 3.8) is 0 Å². The fourth-order valence-electron chi connectivity index (χ4n) is 2.20. The standard InChI is InChI=1S/C17H19F2N/c1-11(2)20-10-13-4-5-15(19)9-17(13)16-7-6-14(18)8-12(16)3/h4-9,11,20H,10H2,1-3H3. The lowest BCUT2D eigenvalue weighted by molar-refractivity contribution is 0.587. The molecule has 0 fully saturated rings. The summed E-state index contributed by atoms with van der Waals surface area (Å²) in [5, 5.41) is 3.33. The molecule has 0 aliphatic carbocycles. The molecule has 3 heteroatoms. The average Bonchev–Trinajstić information content (AvgIpc) is 2.37. The first-order valence-corrected chi connectivity index (χ1v) is 6.75. The number of halogens is 2. The molecule has 0 heterocycles. The third-order valence-corrected chi connectivity index (χ3v) is 3.25. The molecule has 0 bridgehead atoms. The smallest absolute Gasteiger partial charge is 0.123 e. The molecule has 2 rings (SSSR count). The number of nitrogens with one attached hydrogen (secondary N) is 1. The van der Waals surface area contributed by atoms with Gasteiger partial charge < -0.3 is 5.32 Å². The molecule has 0 aliphatic heterocycles. The van der Waals surface area contributed by atoms with Gasteiger partial charge in [0, 0.05) is 12.6 Å². The first kappa shape index (κ1) is 14.7. The van der Waals surface area contributed by atoms with E-state index in [0.717, 1.165) is 22.3 Å². The zero-order chi connectivity index (χ0) is 14.7. The highest BCUT2D eigenvalue weighted by atomic mass is 19.1. The minimum Gasteiger partial charge on any atom is -0.310 e. The van der Waals surface area contributed by atoms with E-state index in [9.17, 15) is 8.78 Å². The second kappa shape index (κ2) is 6.14. The van der Waals surface area contributed by atoms with Gasteiger partial charge in [0.25, 0.3) is 0 Å². The predicted molar refractivity (Wildman–Crippen MR) is 78.5 cm³/mol. The van der Waals surface area contributed by atoms with E-state index in [1.807, 2.05) is 6.92 Å². The van der Waals surface area contributed by atoms with Crippen molar-refractivity contribution in [1.29, 1.82) is 0 Å². The van der Waals surface area contributed by atoms with Crippen LogP contribution in [0.4, 0.5) is 8.78 Å². The highest BCUT2D eigenvalue weighted by Crippen LogP contribution is 2.28. The highest BCUT2D eigenvalue weighted by molar-refractivity contribution is 5.70. The Labute approximate surface area is 118 Å². The van der Waals surface area contributed by atoms with Crippen LogP contribution in [0, 0.1) is 18.6 Å². The van der Waals surface area contributed by atoms with Crippen molar-refractivity contribution < 1.29 is 8.78 Å². The molecule has 2 aromatic carbocycles. The Morgan fingerprint density at radius 3 is 2.25 bits per heavy atom. The Morgan fingerprint density at radius 2 is 1.60 bits per heavy atom. The van der Waals surface area contributed by atoms with Crippen molar-refractivity contribution in [2.75, 3.05) is 0 Å². The van der Waals surface area contributed by atoms with E-state index in [2.05, 4.69) is 19.2 Å².